The number of amides is 1. The molecule has 1 aliphatic heterocycles. The van der Waals surface area contributed by atoms with Gasteiger partial charge in [-0.1, -0.05) is 26.0 Å². The van der Waals surface area contributed by atoms with Gasteiger partial charge in [-0.2, -0.15) is 0 Å². The van der Waals surface area contributed by atoms with Gasteiger partial charge in [0.25, 0.3) is 5.91 Å². The number of halogens is 1. The lowest BCUT2D eigenvalue weighted by Gasteiger charge is -2.09. The van der Waals surface area contributed by atoms with Crippen molar-refractivity contribution >= 4 is 29.7 Å². The zero-order valence-electron chi connectivity index (χ0n) is 12.8. The number of rotatable bonds is 3. The molecule has 22 heavy (non-hydrogen) atoms. The van der Waals surface area contributed by atoms with Crippen LogP contribution in [-0.2, 0) is 6.42 Å². The summed E-state index contributed by atoms with van der Waals surface area (Å²) in [5, 5.41) is 6.29. The molecule has 1 heterocycles. The molecule has 0 fully saturated rings. The molecule has 4 heteroatoms. The highest BCUT2D eigenvalue weighted by atomic mass is 35.5. The third kappa shape index (κ3) is 3.42. The number of carbonyl (C=O) groups excluding carboxylic acids is 1. The predicted molar refractivity (Wildman–Crippen MR) is 94.4 cm³/mol. The molecule has 2 N–H and O–H groups in total. The van der Waals surface area contributed by atoms with Crippen molar-refractivity contribution in [2.75, 3.05) is 17.2 Å². The normalized spacial score (nSPS) is 12.3. The smallest absolute Gasteiger partial charge is 0.255 e. The average Bonchev–Trinajstić information content (AvgIpc) is 2.95. The molecular weight excluding hydrogens is 296 g/mol. The maximum absolute atomic E-state index is 12.3. The molecule has 0 saturated carbocycles. The van der Waals surface area contributed by atoms with Crippen LogP contribution < -0.4 is 10.6 Å². The lowest BCUT2D eigenvalue weighted by atomic mass is 10.0. The van der Waals surface area contributed by atoms with E-state index in [1.165, 1.54) is 16.8 Å². The minimum absolute atomic E-state index is 0. The first-order valence-corrected chi connectivity index (χ1v) is 7.41. The molecule has 3 nitrogen and oxygen atoms in total. The summed E-state index contributed by atoms with van der Waals surface area (Å²) in [7, 11) is 0. The quantitative estimate of drug-likeness (QED) is 0.878. The minimum atomic E-state index is -0.0591. The number of nitrogens with one attached hydrogen (secondary N) is 2. The fourth-order valence-electron chi connectivity index (χ4n) is 2.61. The van der Waals surface area contributed by atoms with E-state index in [9.17, 15) is 4.79 Å². The highest BCUT2D eigenvalue weighted by Gasteiger charge is 2.12. The summed E-state index contributed by atoms with van der Waals surface area (Å²) in [6.07, 6.45) is 1.02. The van der Waals surface area contributed by atoms with Gasteiger partial charge in [-0.25, -0.2) is 0 Å². The van der Waals surface area contributed by atoms with Crippen LogP contribution in [0.2, 0.25) is 0 Å². The second-order valence-corrected chi connectivity index (χ2v) is 5.78. The third-order valence-electron chi connectivity index (χ3n) is 3.91. The van der Waals surface area contributed by atoms with Gasteiger partial charge in [-0.15, -0.1) is 12.4 Å². The molecule has 0 saturated heterocycles. The molecule has 2 aromatic rings. The Balaban J connectivity index is 0.00000176. The molecule has 116 valence electrons. The van der Waals surface area contributed by atoms with Crippen LogP contribution >= 0.6 is 12.4 Å². The first kappa shape index (κ1) is 16.4. The second kappa shape index (κ2) is 6.84. The topological polar surface area (TPSA) is 41.1 Å². The standard InChI is InChI=1S/C18H20N2O.ClH/c1-12(2)13-3-5-14(6-4-13)18(21)20-16-7-8-17-15(11-16)9-10-19-17;/h3-8,11-12,19H,9-10H2,1-2H3,(H,20,21);1H. The van der Waals surface area contributed by atoms with Gasteiger partial charge < -0.3 is 10.6 Å². The lowest BCUT2D eigenvalue weighted by molar-refractivity contribution is 0.102. The monoisotopic (exact) mass is 316 g/mol. The fourth-order valence-corrected chi connectivity index (χ4v) is 2.61. The first-order chi connectivity index (χ1) is 10.1. The molecule has 1 aliphatic rings. The van der Waals surface area contributed by atoms with Gasteiger partial charge in [0.05, 0.1) is 0 Å². The number of hydrogen-bond donors (Lipinski definition) is 2. The van der Waals surface area contributed by atoms with Gasteiger partial charge in [0.15, 0.2) is 0 Å². The summed E-state index contributed by atoms with van der Waals surface area (Å²) in [6, 6.07) is 13.8. The highest BCUT2D eigenvalue weighted by molar-refractivity contribution is 6.04. The molecule has 2 aromatic carbocycles. The van der Waals surface area contributed by atoms with Crippen LogP contribution in [0.4, 0.5) is 11.4 Å². The number of anilines is 2. The van der Waals surface area contributed by atoms with Crippen LogP contribution in [0.15, 0.2) is 42.5 Å². The van der Waals surface area contributed by atoms with Gasteiger partial charge in [-0.05, 0) is 53.8 Å². The minimum Gasteiger partial charge on any atom is -0.384 e. The summed E-state index contributed by atoms with van der Waals surface area (Å²) < 4.78 is 0. The van der Waals surface area contributed by atoms with E-state index < -0.39 is 0 Å². The summed E-state index contributed by atoms with van der Waals surface area (Å²) in [5.74, 6) is 0.419. The SMILES string of the molecule is CC(C)c1ccc(C(=O)Nc2ccc3c(c2)CCN3)cc1.Cl. The van der Waals surface area contributed by atoms with Crippen LogP contribution in [0, 0.1) is 0 Å². The van der Waals surface area contributed by atoms with Crippen molar-refractivity contribution in [3.05, 3.63) is 59.2 Å². The van der Waals surface area contributed by atoms with Crippen molar-refractivity contribution in [1.82, 2.24) is 0 Å². The first-order valence-electron chi connectivity index (χ1n) is 7.41. The van der Waals surface area contributed by atoms with Crippen molar-refractivity contribution in [3.8, 4) is 0 Å². The Bertz CT molecular complexity index is 665. The van der Waals surface area contributed by atoms with Gasteiger partial charge in [0.1, 0.15) is 0 Å². The molecule has 0 unspecified atom stereocenters. The van der Waals surface area contributed by atoms with Crippen molar-refractivity contribution < 1.29 is 4.79 Å². The number of fused-ring (bicyclic) bond motifs is 1. The maximum atomic E-state index is 12.3. The molecular formula is C18H21ClN2O. The van der Waals surface area contributed by atoms with Crippen molar-refractivity contribution in [1.29, 1.82) is 0 Å². The third-order valence-corrected chi connectivity index (χ3v) is 3.91. The van der Waals surface area contributed by atoms with E-state index in [1.807, 2.05) is 36.4 Å². The van der Waals surface area contributed by atoms with Crippen LogP contribution in [0.1, 0.15) is 41.3 Å². The van der Waals surface area contributed by atoms with E-state index >= 15 is 0 Å². The maximum Gasteiger partial charge on any atom is 0.255 e. The molecule has 0 bridgehead atoms. The summed E-state index contributed by atoms with van der Waals surface area (Å²) >= 11 is 0. The van der Waals surface area contributed by atoms with Gasteiger partial charge in [-0.3, -0.25) is 4.79 Å². The van der Waals surface area contributed by atoms with E-state index in [0.29, 0.717) is 11.5 Å². The lowest BCUT2D eigenvalue weighted by Crippen LogP contribution is -2.12. The largest absolute Gasteiger partial charge is 0.384 e. The van der Waals surface area contributed by atoms with E-state index in [-0.39, 0.29) is 18.3 Å². The molecule has 1 amide bonds. The Morgan fingerprint density at radius 2 is 1.86 bits per heavy atom. The summed E-state index contributed by atoms with van der Waals surface area (Å²) in [5.41, 5.74) is 5.24. The van der Waals surface area contributed by atoms with Crippen LogP contribution in [0.5, 0.6) is 0 Å². The fraction of sp³-hybridized carbons (Fsp3) is 0.278. The van der Waals surface area contributed by atoms with Crippen molar-refractivity contribution in [2.24, 2.45) is 0 Å². The van der Waals surface area contributed by atoms with E-state index in [0.717, 1.165) is 18.7 Å². The van der Waals surface area contributed by atoms with E-state index in [1.54, 1.807) is 0 Å². The van der Waals surface area contributed by atoms with Gasteiger partial charge in [0.2, 0.25) is 0 Å². The Labute approximate surface area is 137 Å². The Kier molecular flexibility index (Phi) is 5.09. The van der Waals surface area contributed by atoms with E-state index in [2.05, 4.69) is 30.5 Å². The van der Waals surface area contributed by atoms with Gasteiger partial charge in [0, 0.05) is 23.5 Å². The zero-order chi connectivity index (χ0) is 14.8. The van der Waals surface area contributed by atoms with Crippen molar-refractivity contribution in [2.45, 2.75) is 26.2 Å². The van der Waals surface area contributed by atoms with Crippen LogP contribution in [0.3, 0.4) is 0 Å². The Morgan fingerprint density at radius 3 is 2.55 bits per heavy atom. The second-order valence-electron chi connectivity index (χ2n) is 5.78. The Hall–Kier alpha value is -2.00. The summed E-state index contributed by atoms with van der Waals surface area (Å²) in [6.45, 7) is 5.27. The summed E-state index contributed by atoms with van der Waals surface area (Å²) in [4.78, 5) is 12.3. The molecule has 0 aliphatic carbocycles. The number of hydrogen-bond acceptors (Lipinski definition) is 2. The molecule has 0 radical (unpaired) electrons. The molecule has 3 rings (SSSR count). The molecule has 0 atom stereocenters. The van der Waals surface area contributed by atoms with Gasteiger partial charge >= 0.3 is 0 Å². The van der Waals surface area contributed by atoms with Crippen molar-refractivity contribution in [3.63, 3.8) is 0 Å². The van der Waals surface area contributed by atoms with E-state index in [4.69, 9.17) is 0 Å². The zero-order valence-corrected chi connectivity index (χ0v) is 13.7. The van der Waals surface area contributed by atoms with Crippen LogP contribution in [0.25, 0.3) is 0 Å². The highest BCUT2D eigenvalue weighted by Crippen LogP contribution is 2.25. The van der Waals surface area contributed by atoms with Crippen LogP contribution in [-0.4, -0.2) is 12.5 Å². The number of benzene rings is 2. The Morgan fingerprint density at radius 1 is 1.14 bits per heavy atom. The molecule has 0 aromatic heterocycles. The predicted octanol–water partition coefficient (Wildman–Crippen LogP) is 4.45. The number of carbonyl (C=O) groups is 1. The average molecular weight is 317 g/mol. The molecule has 0 spiro atoms.